The van der Waals surface area contributed by atoms with Gasteiger partial charge in [-0.25, -0.2) is 4.90 Å². The Kier molecular flexibility index (Phi) is 1.84. The molecule has 2 atom stereocenters. The summed E-state index contributed by atoms with van der Waals surface area (Å²) in [6, 6.07) is 6.85. The summed E-state index contributed by atoms with van der Waals surface area (Å²) >= 11 is 5.89. The predicted molar refractivity (Wildman–Crippen MR) is 64.8 cm³/mol. The maximum absolute atomic E-state index is 12.3. The summed E-state index contributed by atoms with van der Waals surface area (Å²) < 4.78 is 0. The molecular weight excluding hydrogens is 238 g/mol. The summed E-state index contributed by atoms with van der Waals surface area (Å²) in [5.41, 5.74) is -0.444. The summed E-state index contributed by atoms with van der Waals surface area (Å²) in [7, 11) is 0. The molecule has 1 aliphatic heterocycles. The largest absolute Gasteiger partial charge is 0.273 e. The van der Waals surface area contributed by atoms with Gasteiger partial charge in [-0.1, -0.05) is 17.7 Å². The number of carbonyl (C=O) groups excluding carboxylic acids is 2. The fraction of sp³-hybridized carbons (Fsp3) is 0.385. The van der Waals surface area contributed by atoms with Gasteiger partial charge in [-0.05, 0) is 38.5 Å². The van der Waals surface area contributed by atoms with Crippen molar-refractivity contribution in [2.24, 2.45) is 10.8 Å². The molecule has 0 radical (unpaired) electrons. The number of piperidine rings is 1. The standard InChI is InChI=1S/C13H12ClNO2/c1-12-7-13(12,2)11(17)15(10(12)16)9-5-3-4-8(14)6-9/h3-6H,7H2,1-2H3. The van der Waals surface area contributed by atoms with Gasteiger partial charge in [-0.3, -0.25) is 9.59 Å². The second-order valence-corrected chi connectivity index (χ2v) is 5.70. The fourth-order valence-electron chi connectivity index (χ4n) is 2.72. The predicted octanol–water partition coefficient (Wildman–Crippen LogP) is 2.63. The van der Waals surface area contributed by atoms with Crippen LogP contribution in [0.4, 0.5) is 5.69 Å². The third kappa shape index (κ3) is 1.12. The van der Waals surface area contributed by atoms with Gasteiger partial charge in [0.2, 0.25) is 11.8 Å². The molecule has 4 heteroatoms. The van der Waals surface area contributed by atoms with Crippen LogP contribution >= 0.6 is 11.6 Å². The molecule has 2 aliphatic rings. The first-order chi connectivity index (χ1) is 7.90. The Labute approximate surface area is 104 Å². The number of fused-ring (bicyclic) bond motifs is 1. The summed E-state index contributed by atoms with van der Waals surface area (Å²) in [5.74, 6) is -0.209. The van der Waals surface area contributed by atoms with Crippen molar-refractivity contribution in [2.75, 3.05) is 4.90 Å². The van der Waals surface area contributed by atoms with Crippen LogP contribution in [0.5, 0.6) is 0 Å². The lowest BCUT2D eigenvalue weighted by molar-refractivity contribution is -0.125. The molecule has 0 N–H and O–H groups in total. The monoisotopic (exact) mass is 249 g/mol. The number of imide groups is 1. The first-order valence-corrected chi connectivity index (χ1v) is 5.92. The van der Waals surface area contributed by atoms with Gasteiger partial charge < -0.3 is 0 Å². The molecular formula is C13H12ClNO2. The molecule has 0 spiro atoms. The average molecular weight is 250 g/mol. The molecule has 1 aliphatic carbocycles. The van der Waals surface area contributed by atoms with Crippen molar-refractivity contribution in [2.45, 2.75) is 20.3 Å². The van der Waals surface area contributed by atoms with Crippen molar-refractivity contribution >= 4 is 29.1 Å². The van der Waals surface area contributed by atoms with Crippen LogP contribution in [0.25, 0.3) is 0 Å². The first-order valence-electron chi connectivity index (χ1n) is 5.55. The molecule has 1 heterocycles. The van der Waals surface area contributed by atoms with Gasteiger partial charge in [0.15, 0.2) is 0 Å². The first kappa shape index (κ1) is 10.8. The van der Waals surface area contributed by atoms with Gasteiger partial charge in [0, 0.05) is 5.02 Å². The number of carbonyl (C=O) groups is 2. The Bertz CT molecular complexity index is 530. The Morgan fingerprint density at radius 1 is 1.18 bits per heavy atom. The third-order valence-corrected chi connectivity index (χ3v) is 4.45. The molecule has 1 aromatic carbocycles. The number of nitrogens with zero attached hydrogens (tertiary/aromatic N) is 1. The number of anilines is 1. The topological polar surface area (TPSA) is 37.4 Å². The molecule has 0 aromatic heterocycles. The highest BCUT2D eigenvalue weighted by Crippen LogP contribution is 2.69. The van der Waals surface area contributed by atoms with Crippen molar-refractivity contribution in [3.63, 3.8) is 0 Å². The van der Waals surface area contributed by atoms with E-state index in [4.69, 9.17) is 11.6 Å². The lowest BCUT2D eigenvalue weighted by Crippen LogP contribution is -2.35. The molecule has 2 amide bonds. The minimum Gasteiger partial charge on any atom is -0.273 e. The molecule has 1 saturated carbocycles. The number of amides is 2. The van der Waals surface area contributed by atoms with E-state index < -0.39 is 10.8 Å². The number of hydrogen-bond acceptors (Lipinski definition) is 2. The van der Waals surface area contributed by atoms with Gasteiger partial charge in [-0.15, -0.1) is 0 Å². The zero-order valence-electron chi connectivity index (χ0n) is 9.66. The molecule has 1 aromatic rings. The van der Waals surface area contributed by atoms with Gasteiger partial charge in [0.1, 0.15) is 0 Å². The zero-order valence-corrected chi connectivity index (χ0v) is 10.4. The van der Waals surface area contributed by atoms with Crippen LogP contribution in [-0.2, 0) is 9.59 Å². The maximum Gasteiger partial charge on any atom is 0.240 e. The van der Waals surface area contributed by atoms with E-state index in [0.717, 1.165) is 0 Å². The number of halogens is 1. The van der Waals surface area contributed by atoms with Crippen LogP contribution in [0, 0.1) is 10.8 Å². The number of rotatable bonds is 1. The van der Waals surface area contributed by atoms with E-state index in [9.17, 15) is 9.59 Å². The van der Waals surface area contributed by atoms with E-state index in [-0.39, 0.29) is 11.8 Å². The van der Waals surface area contributed by atoms with Crippen LogP contribution in [-0.4, -0.2) is 11.8 Å². The van der Waals surface area contributed by atoms with E-state index in [1.807, 2.05) is 13.8 Å². The van der Waals surface area contributed by atoms with E-state index in [1.54, 1.807) is 24.3 Å². The summed E-state index contributed by atoms with van der Waals surface area (Å²) in [5, 5.41) is 0.527. The van der Waals surface area contributed by atoms with Gasteiger partial charge in [0.25, 0.3) is 0 Å². The van der Waals surface area contributed by atoms with Crippen molar-refractivity contribution < 1.29 is 9.59 Å². The van der Waals surface area contributed by atoms with Crippen LogP contribution in [0.15, 0.2) is 24.3 Å². The Balaban J connectivity index is 2.07. The van der Waals surface area contributed by atoms with E-state index >= 15 is 0 Å². The average Bonchev–Trinajstić information content (AvgIpc) is 2.80. The highest BCUT2D eigenvalue weighted by Gasteiger charge is 2.77. The van der Waals surface area contributed by atoms with Crippen molar-refractivity contribution in [1.82, 2.24) is 0 Å². The molecule has 3 rings (SSSR count). The Morgan fingerprint density at radius 2 is 1.76 bits per heavy atom. The SMILES string of the molecule is CC12CC1(C)C(=O)N(c1cccc(Cl)c1)C2=O. The van der Waals surface area contributed by atoms with E-state index in [1.165, 1.54) is 4.90 Å². The highest BCUT2D eigenvalue weighted by molar-refractivity contribution is 6.32. The molecule has 1 saturated heterocycles. The minimum absolute atomic E-state index is 0.104. The molecule has 0 bridgehead atoms. The molecule has 88 valence electrons. The fourth-order valence-corrected chi connectivity index (χ4v) is 2.91. The van der Waals surface area contributed by atoms with Gasteiger partial charge in [-0.2, -0.15) is 0 Å². The third-order valence-electron chi connectivity index (χ3n) is 4.22. The number of hydrogen-bond donors (Lipinski definition) is 0. The van der Waals surface area contributed by atoms with Crippen LogP contribution in [0.1, 0.15) is 20.3 Å². The second kappa shape index (κ2) is 2.91. The van der Waals surface area contributed by atoms with Crippen LogP contribution < -0.4 is 4.90 Å². The highest BCUT2D eigenvalue weighted by atomic mass is 35.5. The normalized spacial score (nSPS) is 35.1. The van der Waals surface area contributed by atoms with E-state index in [2.05, 4.69) is 0 Å². The molecule has 3 nitrogen and oxygen atoms in total. The van der Waals surface area contributed by atoms with Crippen molar-refractivity contribution in [3.05, 3.63) is 29.3 Å². The lowest BCUT2D eigenvalue weighted by Gasteiger charge is -2.18. The second-order valence-electron chi connectivity index (χ2n) is 5.27. The van der Waals surface area contributed by atoms with Crippen LogP contribution in [0.2, 0.25) is 5.02 Å². The Hall–Kier alpha value is -1.35. The van der Waals surface area contributed by atoms with Crippen LogP contribution in [0.3, 0.4) is 0 Å². The summed E-state index contributed by atoms with van der Waals surface area (Å²) in [4.78, 5) is 25.8. The smallest absolute Gasteiger partial charge is 0.240 e. The Morgan fingerprint density at radius 3 is 2.29 bits per heavy atom. The lowest BCUT2D eigenvalue weighted by atomic mass is 10.00. The van der Waals surface area contributed by atoms with E-state index in [0.29, 0.717) is 17.1 Å². The molecule has 2 fully saturated rings. The molecule has 17 heavy (non-hydrogen) atoms. The maximum atomic E-state index is 12.3. The van der Waals surface area contributed by atoms with Gasteiger partial charge >= 0.3 is 0 Å². The van der Waals surface area contributed by atoms with Crippen molar-refractivity contribution in [3.8, 4) is 0 Å². The minimum atomic E-state index is -0.508. The summed E-state index contributed by atoms with van der Waals surface area (Å²) in [6.07, 6.45) is 0.661. The number of benzene rings is 1. The molecule has 2 unspecified atom stereocenters. The quantitative estimate of drug-likeness (QED) is 0.718. The van der Waals surface area contributed by atoms with Crippen molar-refractivity contribution in [1.29, 1.82) is 0 Å². The summed E-state index contributed by atoms with van der Waals surface area (Å²) in [6.45, 7) is 3.72. The van der Waals surface area contributed by atoms with Gasteiger partial charge in [0.05, 0.1) is 16.5 Å². The zero-order chi connectivity index (χ0) is 12.4.